The molecule has 2 N–H and O–H groups in total. The molecule has 1 saturated heterocycles. The van der Waals surface area contributed by atoms with Gasteiger partial charge >= 0.3 is 0 Å². The van der Waals surface area contributed by atoms with Crippen LogP contribution in [0, 0.1) is 17.0 Å². The Kier molecular flexibility index (Phi) is 6.11. The molecule has 0 radical (unpaired) electrons. The molecule has 2 aromatic rings. The number of para-hydroxylation sites is 1. The molecule has 28 heavy (non-hydrogen) atoms. The number of nitrogens with one attached hydrogen (secondary N) is 2. The Morgan fingerprint density at radius 2 is 1.89 bits per heavy atom. The molecule has 1 fully saturated rings. The van der Waals surface area contributed by atoms with Crippen molar-refractivity contribution >= 4 is 51.9 Å². The lowest BCUT2D eigenvalue weighted by Gasteiger charge is -2.23. The lowest BCUT2D eigenvalue weighted by Crippen LogP contribution is -2.35. The number of carbonyl (C=O) groups is 1. The molecule has 1 aliphatic rings. The lowest BCUT2D eigenvalue weighted by atomic mass is 10.1. The van der Waals surface area contributed by atoms with E-state index in [1.54, 1.807) is 6.07 Å². The van der Waals surface area contributed by atoms with Crippen molar-refractivity contribution in [1.82, 2.24) is 5.32 Å². The first-order valence-electron chi connectivity index (χ1n) is 8.78. The second kappa shape index (κ2) is 8.53. The first-order valence-corrected chi connectivity index (χ1v) is 9.57. The zero-order chi connectivity index (χ0) is 20.3. The van der Waals surface area contributed by atoms with Gasteiger partial charge in [-0.1, -0.05) is 23.7 Å². The Bertz CT molecular complexity index is 945. The first kappa shape index (κ1) is 20.0. The summed E-state index contributed by atoms with van der Waals surface area (Å²) in [5, 5.41) is 17.4. The summed E-state index contributed by atoms with van der Waals surface area (Å²) < 4.78 is 0. The van der Waals surface area contributed by atoms with Gasteiger partial charge in [-0.25, -0.2) is 0 Å². The van der Waals surface area contributed by atoms with Gasteiger partial charge in [0.25, 0.3) is 11.6 Å². The number of hydrogen-bond acceptors (Lipinski definition) is 5. The van der Waals surface area contributed by atoms with E-state index in [0.29, 0.717) is 10.7 Å². The predicted octanol–water partition coefficient (Wildman–Crippen LogP) is 4.28. The molecule has 0 bridgehead atoms. The van der Waals surface area contributed by atoms with Crippen LogP contribution in [-0.2, 0) is 0 Å². The molecule has 1 heterocycles. The minimum atomic E-state index is -0.517. The molecule has 9 heteroatoms. The van der Waals surface area contributed by atoms with Crippen LogP contribution in [0.25, 0.3) is 0 Å². The zero-order valence-electron chi connectivity index (χ0n) is 15.2. The Labute approximate surface area is 172 Å². The van der Waals surface area contributed by atoms with Gasteiger partial charge in [0.05, 0.1) is 21.3 Å². The van der Waals surface area contributed by atoms with Crippen molar-refractivity contribution in [3.8, 4) is 0 Å². The molecular formula is C19H19ClN4O3S. The molecule has 1 amide bonds. The monoisotopic (exact) mass is 418 g/mol. The van der Waals surface area contributed by atoms with E-state index in [4.69, 9.17) is 23.8 Å². The van der Waals surface area contributed by atoms with Crippen LogP contribution in [0.15, 0.2) is 36.4 Å². The molecule has 0 atom stereocenters. The van der Waals surface area contributed by atoms with Crippen LogP contribution < -0.4 is 15.5 Å². The number of anilines is 2. The molecule has 2 aromatic carbocycles. The number of nitro groups is 1. The van der Waals surface area contributed by atoms with Crippen LogP contribution in [0.1, 0.15) is 28.8 Å². The van der Waals surface area contributed by atoms with Gasteiger partial charge in [0, 0.05) is 30.3 Å². The number of hydrogen-bond donors (Lipinski definition) is 2. The van der Waals surface area contributed by atoms with E-state index in [9.17, 15) is 14.9 Å². The van der Waals surface area contributed by atoms with Gasteiger partial charge in [-0.3, -0.25) is 20.2 Å². The molecule has 0 saturated carbocycles. The third-order valence-electron chi connectivity index (χ3n) is 4.63. The smallest absolute Gasteiger partial charge is 0.273 e. The van der Waals surface area contributed by atoms with E-state index in [1.165, 1.54) is 25.1 Å². The van der Waals surface area contributed by atoms with E-state index in [-0.39, 0.29) is 21.9 Å². The van der Waals surface area contributed by atoms with E-state index in [0.717, 1.165) is 31.6 Å². The Morgan fingerprint density at radius 3 is 2.57 bits per heavy atom. The van der Waals surface area contributed by atoms with Gasteiger partial charge in [-0.05, 0) is 50.2 Å². The van der Waals surface area contributed by atoms with Crippen molar-refractivity contribution in [1.29, 1.82) is 0 Å². The van der Waals surface area contributed by atoms with Gasteiger partial charge in [0.15, 0.2) is 5.11 Å². The maximum Gasteiger partial charge on any atom is 0.273 e. The van der Waals surface area contributed by atoms with Gasteiger partial charge < -0.3 is 10.2 Å². The predicted molar refractivity (Wildman–Crippen MR) is 114 cm³/mol. The van der Waals surface area contributed by atoms with E-state index < -0.39 is 10.8 Å². The highest BCUT2D eigenvalue weighted by molar-refractivity contribution is 7.80. The molecular weight excluding hydrogens is 400 g/mol. The second-order valence-electron chi connectivity index (χ2n) is 6.45. The Hall–Kier alpha value is -2.71. The van der Waals surface area contributed by atoms with Gasteiger partial charge in [0.2, 0.25) is 0 Å². The van der Waals surface area contributed by atoms with Crippen LogP contribution in [0.5, 0.6) is 0 Å². The summed E-state index contributed by atoms with van der Waals surface area (Å²) in [5.41, 5.74) is 1.93. The number of benzene rings is 2. The third-order valence-corrected chi connectivity index (χ3v) is 5.14. The molecule has 7 nitrogen and oxygen atoms in total. The van der Waals surface area contributed by atoms with Crippen molar-refractivity contribution < 1.29 is 9.72 Å². The van der Waals surface area contributed by atoms with Crippen LogP contribution in [0.2, 0.25) is 5.02 Å². The first-order chi connectivity index (χ1) is 13.4. The fourth-order valence-corrected chi connectivity index (χ4v) is 3.77. The number of carbonyl (C=O) groups excluding carboxylic acids is 1. The fourth-order valence-electron chi connectivity index (χ4n) is 3.27. The Balaban J connectivity index is 1.77. The molecule has 3 rings (SSSR count). The highest BCUT2D eigenvalue weighted by Gasteiger charge is 2.21. The number of halogens is 1. The average Bonchev–Trinajstić information content (AvgIpc) is 3.15. The van der Waals surface area contributed by atoms with E-state index in [1.807, 2.05) is 12.1 Å². The quantitative estimate of drug-likeness (QED) is 0.437. The molecule has 0 unspecified atom stereocenters. The summed E-state index contributed by atoms with van der Waals surface area (Å²) in [6.45, 7) is 3.35. The summed E-state index contributed by atoms with van der Waals surface area (Å²) in [4.78, 5) is 25.3. The molecule has 146 valence electrons. The fraction of sp³-hybridized carbons (Fsp3) is 0.263. The molecule has 0 spiro atoms. The lowest BCUT2D eigenvalue weighted by molar-refractivity contribution is -0.385. The van der Waals surface area contributed by atoms with Crippen LogP contribution >= 0.6 is 23.8 Å². The number of thiocarbonyl (C=S) groups is 1. The normalized spacial score (nSPS) is 13.3. The van der Waals surface area contributed by atoms with Crippen LogP contribution in [0.4, 0.5) is 17.1 Å². The van der Waals surface area contributed by atoms with Crippen molar-refractivity contribution in [2.45, 2.75) is 19.8 Å². The highest BCUT2D eigenvalue weighted by Crippen LogP contribution is 2.35. The SMILES string of the molecule is Cc1c(C(=O)NC(=S)Nc2cccc(Cl)c2N2CCCC2)cccc1[N+](=O)[O-]. The van der Waals surface area contributed by atoms with Gasteiger partial charge in [-0.15, -0.1) is 0 Å². The van der Waals surface area contributed by atoms with Crippen LogP contribution in [0.3, 0.4) is 0 Å². The van der Waals surface area contributed by atoms with E-state index >= 15 is 0 Å². The van der Waals surface area contributed by atoms with Crippen LogP contribution in [-0.4, -0.2) is 29.0 Å². The second-order valence-corrected chi connectivity index (χ2v) is 7.26. The van der Waals surface area contributed by atoms with Crippen molar-refractivity contribution in [3.63, 3.8) is 0 Å². The third kappa shape index (κ3) is 4.23. The largest absolute Gasteiger partial charge is 0.369 e. The number of nitrogens with zero attached hydrogens (tertiary/aromatic N) is 2. The number of rotatable bonds is 4. The molecule has 1 aliphatic heterocycles. The summed E-state index contributed by atoms with van der Waals surface area (Å²) >= 11 is 11.7. The van der Waals surface area contributed by atoms with Crippen molar-refractivity contribution in [2.24, 2.45) is 0 Å². The summed E-state index contributed by atoms with van der Waals surface area (Å²) in [6, 6.07) is 9.82. The Morgan fingerprint density at radius 1 is 1.21 bits per heavy atom. The minimum Gasteiger partial charge on any atom is -0.369 e. The highest BCUT2D eigenvalue weighted by atomic mass is 35.5. The standard InChI is InChI=1S/C19H19ClN4O3S/c1-12-13(6-4-9-16(12)24(26)27)18(25)22-19(28)21-15-8-5-7-14(20)17(15)23-10-2-3-11-23/h4-9H,2-3,10-11H2,1H3,(H2,21,22,25,28). The minimum absolute atomic E-state index is 0.0959. The number of nitro benzene ring substituents is 1. The molecule has 0 aliphatic carbocycles. The topological polar surface area (TPSA) is 87.5 Å². The summed E-state index contributed by atoms with van der Waals surface area (Å²) in [5.74, 6) is -0.511. The maximum absolute atomic E-state index is 12.6. The average molecular weight is 419 g/mol. The molecule has 0 aromatic heterocycles. The van der Waals surface area contributed by atoms with E-state index in [2.05, 4.69) is 15.5 Å². The van der Waals surface area contributed by atoms with Gasteiger partial charge in [-0.2, -0.15) is 0 Å². The summed E-state index contributed by atoms with van der Waals surface area (Å²) in [6.07, 6.45) is 2.19. The van der Waals surface area contributed by atoms with Gasteiger partial charge in [0.1, 0.15) is 0 Å². The number of amides is 1. The zero-order valence-corrected chi connectivity index (χ0v) is 16.8. The maximum atomic E-state index is 12.6. The van der Waals surface area contributed by atoms with Crippen molar-refractivity contribution in [2.75, 3.05) is 23.3 Å². The van der Waals surface area contributed by atoms with Crippen molar-refractivity contribution in [3.05, 3.63) is 62.7 Å². The summed E-state index contributed by atoms with van der Waals surface area (Å²) in [7, 11) is 0.